The molecule has 0 saturated carbocycles. The van der Waals surface area contributed by atoms with Crippen molar-refractivity contribution in [2.75, 3.05) is 0 Å². The lowest BCUT2D eigenvalue weighted by molar-refractivity contribution is -0.0499. The second kappa shape index (κ2) is 5.96. The van der Waals surface area contributed by atoms with Gasteiger partial charge in [0, 0.05) is 5.56 Å². The van der Waals surface area contributed by atoms with Crippen molar-refractivity contribution in [3.05, 3.63) is 29.8 Å². The SMILES string of the molecule is NC(=S)NN=Cc1ccccc1OC(F)F. The fourth-order valence-corrected chi connectivity index (χ4v) is 1.01. The van der Waals surface area contributed by atoms with E-state index in [1.165, 1.54) is 12.3 Å². The predicted molar refractivity (Wildman–Crippen MR) is 60.6 cm³/mol. The molecule has 0 fully saturated rings. The topological polar surface area (TPSA) is 59.6 Å². The molecule has 0 spiro atoms. The van der Waals surface area contributed by atoms with Gasteiger partial charge in [0.1, 0.15) is 5.75 Å². The smallest absolute Gasteiger partial charge is 0.387 e. The van der Waals surface area contributed by atoms with Gasteiger partial charge in [0.05, 0.1) is 6.21 Å². The van der Waals surface area contributed by atoms with Crippen molar-refractivity contribution in [3.8, 4) is 5.75 Å². The van der Waals surface area contributed by atoms with Crippen molar-refractivity contribution in [2.24, 2.45) is 10.8 Å². The number of rotatable bonds is 4. The van der Waals surface area contributed by atoms with Gasteiger partial charge in [-0.05, 0) is 24.4 Å². The number of para-hydroxylation sites is 1. The van der Waals surface area contributed by atoms with Crippen LogP contribution >= 0.6 is 12.2 Å². The zero-order valence-electron chi connectivity index (χ0n) is 8.06. The molecule has 0 radical (unpaired) electrons. The van der Waals surface area contributed by atoms with Crippen LogP contribution in [0.15, 0.2) is 29.4 Å². The number of alkyl halides is 2. The Morgan fingerprint density at radius 1 is 1.50 bits per heavy atom. The van der Waals surface area contributed by atoms with E-state index in [2.05, 4.69) is 27.5 Å². The summed E-state index contributed by atoms with van der Waals surface area (Å²) in [5, 5.41) is 3.63. The molecular weight excluding hydrogens is 236 g/mol. The predicted octanol–water partition coefficient (Wildman–Crippen LogP) is 1.46. The molecule has 16 heavy (non-hydrogen) atoms. The minimum atomic E-state index is -2.88. The molecule has 0 aliphatic heterocycles. The maximum absolute atomic E-state index is 12.0. The maximum atomic E-state index is 12.0. The summed E-state index contributed by atoms with van der Waals surface area (Å²) in [5.41, 5.74) is 7.84. The molecule has 1 aromatic carbocycles. The first kappa shape index (κ1) is 12.3. The van der Waals surface area contributed by atoms with Crippen LogP contribution in [-0.4, -0.2) is 17.9 Å². The number of benzene rings is 1. The molecule has 86 valence electrons. The van der Waals surface area contributed by atoms with E-state index in [4.69, 9.17) is 5.73 Å². The highest BCUT2D eigenvalue weighted by molar-refractivity contribution is 7.80. The van der Waals surface area contributed by atoms with E-state index in [0.29, 0.717) is 5.56 Å². The molecule has 0 aromatic heterocycles. The van der Waals surface area contributed by atoms with Crippen LogP contribution in [-0.2, 0) is 0 Å². The minimum absolute atomic E-state index is 0.0106. The molecule has 3 N–H and O–H groups in total. The molecule has 0 atom stereocenters. The molecule has 0 bridgehead atoms. The van der Waals surface area contributed by atoms with Crippen molar-refractivity contribution < 1.29 is 13.5 Å². The Morgan fingerprint density at radius 3 is 2.81 bits per heavy atom. The summed E-state index contributed by atoms with van der Waals surface area (Å²) in [6.07, 6.45) is 1.29. The second-order valence-electron chi connectivity index (χ2n) is 2.65. The number of hydrogen-bond donors (Lipinski definition) is 2. The average molecular weight is 245 g/mol. The Hall–Kier alpha value is -1.76. The van der Waals surface area contributed by atoms with Gasteiger partial charge >= 0.3 is 6.61 Å². The van der Waals surface area contributed by atoms with Crippen LogP contribution < -0.4 is 15.9 Å². The van der Waals surface area contributed by atoms with Crippen molar-refractivity contribution in [3.63, 3.8) is 0 Å². The fraction of sp³-hybridized carbons (Fsp3) is 0.111. The Kier molecular flexibility index (Phi) is 4.59. The molecule has 0 amide bonds. The van der Waals surface area contributed by atoms with E-state index < -0.39 is 6.61 Å². The molecule has 7 heteroatoms. The Labute approximate surface area is 96.1 Å². The summed E-state index contributed by atoms with van der Waals surface area (Å²) in [6, 6.07) is 6.23. The van der Waals surface area contributed by atoms with E-state index in [1.807, 2.05) is 0 Å². The third-order valence-electron chi connectivity index (χ3n) is 1.51. The summed E-state index contributed by atoms with van der Waals surface area (Å²) < 4.78 is 28.3. The van der Waals surface area contributed by atoms with E-state index in [9.17, 15) is 8.78 Å². The molecule has 0 heterocycles. The molecule has 0 aliphatic rings. The third-order valence-corrected chi connectivity index (χ3v) is 1.60. The average Bonchev–Trinajstić information content (AvgIpc) is 2.19. The zero-order valence-corrected chi connectivity index (χ0v) is 8.88. The van der Waals surface area contributed by atoms with Crippen LogP contribution in [0.4, 0.5) is 8.78 Å². The zero-order chi connectivity index (χ0) is 12.0. The van der Waals surface area contributed by atoms with Crippen LogP contribution in [0.25, 0.3) is 0 Å². The molecule has 0 unspecified atom stereocenters. The number of hydrazone groups is 1. The Bertz CT molecular complexity index is 398. The lowest BCUT2D eigenvalue weighted by Gasteiger charge is -2.06. The van der Waals surface area contributed by atoms with Gasteiger partial charge in [-0.2, -0.15) is 13.9 Å². The first-order valence-electron chi connectivity index (χ1n) is 4.22. The van der Waals surface area contributed by atoms with Gasteiger partial charge in [0.2, 0.25) is 0 Å². The summed E-state index contributed by atoms with van der Waals surface area (Å²) in [5.74, 6) is 0.0333. The van der Waals surface area contributed by atoms with E-state index in [0.717, 1.165) is 0 Å². The van der Waals surface area contributed by atoms with Crippen LogP contribution in [0.1, 0.15) is 5.56 Å². The number of nitrogens with zero attached hydrogens (tertiary/aromatic N) is 1. The largest absolute Gasteiger partial charge is 0.434 e. The van der Waals surface area contributed by atoms with Crippen molar-refractivity contribution >= 4 is 23.5 Å². The third kappa shape index (κ3) is 4.18. The van der Waals surface area contributed by atoms with Gasteiger partial charge in [-0.3, -0.25) is 5.43 Å². The minimum Gasteiger partial charge on any atom is -0.434 e. The van der Waals surface area contributed by atoms with Gasteiger partial charge < -0.3 is 10.5 Å². The van der Waals surface area contributed by atoms with E-state index in [1.54, 1.807) is 18.2 Å². The number of nitrogens with two attached hydrogens (primary N) is 1. The Morgan fingerprint density at radius 2 is 2.19 bits per heavy atom. The highest BCUT2D eigenvalue weighted by atomic mass is 32.1. The highest BCUT2D eigenvalue weighted by Gasteiger charge is 2.07. The van der Waals surface area contributed by atoms with Gasteiger partial charge in [-0.1, -0.05) is 12.1 Å². The lowest BCUT2D eigenvalue weighted by Crippen LogP contribution is -2.24. The normalized spacial score (nSPS) is 10.7. The number of thiocarbonyl (C=S) groups is 1. The lowest BCUT2D eigenvalue weighted by atomic mass is 10.2. The first-order valence-corrected chi connectivity index (χ1v) is 4.63. The van der Waals surface area contributed by atoms with Gasteiger partial charge in [0.15, 0.2) is 5.11 Å². The monoisotopic (exact) mass is 245 g/mol. The summed E-state index contributed by atoms with van der Waals surface area (Å²) in [4.78, 5) is 0. The number of halogens is 2. The van der Waals surface area contributed by atoms with Gasteiger partial charge in [-0.15, -0.1) is 0 Å². The highest BCUT2D eigenvalue weighted by Crippen LogP contribution is 2.18. The molecular formula is C9H9F2N3OS. The standard InChI is InChI=1S/C9H9F2N3OS/c10-8(11)15-7-4-2-1-3-6(7)5-13-14-9(12)16/h1-5,8H,(H3,12,14,16). The first-order chi connectivity index (χ1) is 7.59. The van der Waals surface area contributed by atoms with Gasteiger partial charge in [-0.25, -0.2) is 0 Å². The van der Waals surface area contributed by atoms with Gasteiger partial charge in [0.25, 0.3) is 0 Å². The van der Waals surface area contributed by atoms with Crippen LogP contribution in [0.2, 0.25) is 0 Å². The van der Waals surface area contributed by atoms with E-state index >= 15 is 0 Å². The van der Waals surface area contributed by atoms with Crippen LogP contribution in [0, 0.1) is 0 Å². The number of hydrogen-bond acceptors (Lipinski definition) is 3. The molecule has 4 nitrogen and oxygen atoms in total. The van der Waals surface area contributed by atoms with Crippen LogP contribution in [0.3, 0.4) is 0 Å². The summed E-state index contributed by atoms with van der Waals surface area (Å²) >= 11 is 4.52. The van der Waals surface area contributed by atoms with Crippen molar-refractivity contribution in [1.82, 2.24) is 5.43 Å². The molecule has 1 rings (SSSR count). The molecule has 0 saturated heterocycles. The quantitative estimate of drug-likeness (QED) is 0.479. The Balaban J connectivity index is 2.78. The van der Waals surface area contributed by atoms with Crippen molar-refractivity contribution in [1.29, 1.82) is 0 Å². The number of ether oxygens (including phenoxy) is 1. The van der Waals surface area contributed by atoms with E-state index in [-0.39, 0.29) is 10.9 Å². The summed E-state index contributed by atoms with van der Waals surface area (Å²) in [7, 11) is 0. The van der Waals surface area contributed by atoms with Crippen molar-refractivity contribution in [2.45, 2.75) is 6.61 Å². The molecule has 1 aromatic rings. The van der Waals surface area contributed by atoms with Crippen LogP contribution in [0.5, 0.6) is 5.75 Å². The fourth-order valence-electron chi connectivity index (χ4n) is 0.956. The maximum Gasteiger partial charge on any atom is 0.387 e. The second-order valence-corrected chi connectivity index (χ2v) is 3.09. The molecule has 0 aliphatic carbocycles. The number of nitrogens with one attached hydrogen (secondary N) is 1. The summed E-state index contributed by atoms with van der Waals surface area (Å²) in [6.45, 7) is -2.88.